The highest BCUT2D eigenvalue weighted by molar-refractivity contribution is 5.90. The Hall–Kier alpha value is -4.60. The first-order valence-electron chi connectivity index (χ1n) is 12.9. The van der Waals surface area contributed by atoms with Crippen LogP contribution < -0.4 is 5.56 Å². The van der Waals surface area contributed by atoms with Crippen molar-refractivity contribution >= 4 is 17.9 Å². The number of H-pyrrole nitrogens is 1. The Bertz CT molecular complexity index is 1690. The van der Waals surface area contributed by atoms with E-state index in [4.69, 9.17) is 0 Å². The summed E-state index contributed by atoms with van der Waals surface area (Å²) in [6.07, 6.45) is -3.06. The average molecular weight is 566 g/mol. The zero-order valence-corrected chi connectivity index (χ0v) is 23.0. The van der Waals surface area contributed by atoms with Crippen molar-refractivity contribution in [3.63, 3.8) is 0 Å². The number of aromatic carboxylic acids is 1. The summed E-state index contributed by atoms with van der Waals surface area (Å²) in [5.74, 6) is -1.46. The van der Waals surface area contributed by atoms with Crippen molar-refractivity contribution in [1.29, 1.82) is 0 Å². The van der Waals surface area contributed by atoms with Crippen molar-refractivity contribution in [1.82, 2.24) is 9.78 Å². The number of rotatable bonds is 7. The number of nitrogens with one attached hydrogen (secondary N) is 1. The number of carbonyl (C=O) groups is 1. The predicted molar refractivity (Wildman–Crippen MR) is 151 cm³/mol. The van der Waals surface area contributed by atoms with Crippen molar-refractivity contribution in [2.24, 2.45) is 4.99 Å². The van der Waals surface area contributed by atoms with Crippen LogP contribution in [0.2, 0.25) is 0 Å². The number of aliphatic imine (C=N–C) groups is 1. The number of phenolic OH excluding ortho intramolecular Hbond substituents is 1. The molecule has 0 unspecified atom stereocenters. The minimum absolute atomic E-state index is 0.00949. The molecule has 0 radical (unpaired) electrons. The number of aromatic hydroxyl groups is 1. The summed E-state index contributed by atoms with van der Waals surface area (Å²) in [6.45, 7) is 7.40. The number of halogens is 3. The largest absolute Gasteiger partial charge is 0.505 e. The second kappa shape index (κ2) is 11.1. The van der Waals surface area contributed by atoms with Crippen LogP contribution in [0.1, 0.15) is 64.6 Å². The molecule has 10 heteroatoms. The fraction of sp³-hybridized carbons (Fsp3) is 0.258. The molecule has 0 aliphatic carbocycles. The molecule has 1 aromatic heterocycles. The molecular formula is C31H30F3N3O4. The molecule has 1 heterocycles. The van der Waals surface area contributed by atoms with Gasteiger partial charge in [0, 0.05) is 6.21 Å². The van der Waals surface area contributed by atoms with E-state index < -0.39 is 34.4 Å². The Kier molecular flexibility index (Phi) is 7.96. The van der Waals surface area contributed by atoms with Crippen molar-refractivity contribution in [2.75, 3.05) is 0 Å². The molecule has 0 spiro atoms. The third kappa shape index (κ3) is 6.26. The van der Waals surface area contributed by atoms with Crippen LogP contribution in [0.4, 0.5) is 18.9 Å². The molecule has 0 aliphatic rings. The standard InChI is InChI=1S/C31H30F3N3O4/c1-18-8-5-6-9-19(18)12-13-20-10-7-11-25(26(20)38)35-17-23-27(31(32,33)34)36-37(28(23)39)21-14-15-24(30(2,3)4)22(16-21)29(40)41/h5-11,14-17,36,38H,12-13H2,1-4H3,(H,40,41). The van der Waals surface area contributed by atoms with Crippen LogP contribution in [0, 0.1) is 6.92 Å². The lowest BCUT2D eigenvalue weighted by molar-refractivity contribution is -0.141. The van der Waals surface area contributed by atoms with E-state index in [-0.39, 0.29) is 22.7 Å². The molecule has 214 valence electrons. The van der Waals surface area contributed by atoms with Crippen LogP contribution in [-0.4, -0.2) is 32.2 Å². The lowest BCUT2D eigenvalue weighted by Gasteiger charge is -2.22. The minimum Gasteiger partial charge on any atom is -0.505 e. The molecule has 41 heavy (non-hydrogen) atoms. The summed E-state index contributed by atoms with van der Waals surface area (Å²) < 4.78 is 42.5. The maximum Gasteiger partial charge on any atom is 0.433 e. The van der Waals surface area contributed by atoms with Gasteiger partial charge in [0.1, 0.15) is 11.4 Å². The van der Waals surface area contributed by atoms with Gasteiger partial charge in [-0.1, -0.05) is 63.2 Å². The van der Waals surface area contributed by atoms with E-state index in [2.05, 4.69) is 10.1 Å². The van der Waals surface area contributed by atoms with E-state index in [1.807, 2.05) is 31.2 Å². The molecule has 0 amide bonds. The molecular weight excluding hydrogens is 535 g/mol. The number of hydrogen-bond acceptors (Lipinski definition) is 4. The molecule has 0 bridgehead atoms. The number of nitrogens with zero attached hydrogens (tertiary/aromatic N) is 2. The van der Waals surface area contributed by atoms with Gasteiger partial charge in [-0.25, -0.2) is 9.48 Å². The van der Waals surface area contributed by atoms with Gasteiger partial charge < -0.3 is 10.2 Å². The molecule has 0 fully saturated rings. The number of carboxylic acids is 1. The van der Waals surface area contributed by atoms with Gasteiger partial charge in [0.05, 0.1) is 16.8 Å². The van der Waals surface area contributed by atoms with Gasteiger partial charge in [0.25, 0.3) is 5.56 Å². The average Bonchev–Trinajstić information content (AvgIpc) is 3.23. The molecule has 4 rings (SSSR count). The van der Waals surface area contributed by atoms with Crippen LogP contribution >= 0.6 is 0 Å². The van der Waals surface area contributed by atoms with Crippen molar-refractivity contribution in [2.45, 2.75) is 52.1 Å². The second-order valence-corrected chi connectivity index (χ2v) is 10.8. The van der Waals surface area contributed by atoms with Crippen LogP contribution in [0.15, 0.2) is 70.5 Å². The summed E-state index contributed by atoms with van der Waals surface area (Å²) >= 11 is 0. The lowest BCUT2D eigenvalue weighted by atomic mass is 9.83. The summed E-state index contributed by atoms with van der Waals surface area (Å²) in [4.78, 5) is 29.1. The number of carboxylic acid groups (broad SMARTS) is 1. The first-order valence-corrected chi connectivity index (χ1v) is 12.9. The van der Waals surface area contributed by atoms with E-state index in [0.29, 0.717) is 28.7 Å². The molecule has 0 saturated carbocycles. The van der Waals surface area contributed by atoms with Gasteiger partial charge in [-0.15, -0.1) is 0 Å². The maximum atomic E-state index is 14.0. The topological polar surface area (TPSA) is 108 Å². The summed E-state index contributed by atoms with van der Waals surface area (Å²) in [7, 11) is 0. The Morgan fingerprint density at radius 1 is 1.00 bits per heavy atom. The van der Waals surface area contributed by atoms with Gasteiger partial charge >= 0.3 is 12.1 Å². The van der Waals surface area contributed by atoms with E-state index >= 15 is 0 Å². The van der Waals surface area contributed by atoms with Crippen molar-refractivity contribution < 1.29 is 28.2 Å². The highest BCUT2D eigenvalue weighted by Gasteiger charge is 2.38. The number of alkyl halides is 3. The second-order valence-electron chi connectivity index (χ2n) is 10.8. The highest BCUT2D eigenvalue weighted by Crippen LogP contribution is 2.33. The number of aryl methyl sites for hydroxylation is 3. The lowest BCUT2D eigenvalue weighted by Crippen LogP contribution is -2.20. The number of phenols is 1. The molecule has 4 aromatic rings. The smallest absolute Gasteiger partial charge is 0.433 e. The fourth-order valence-corrected chi connectivity index (χ4v) is 4.65. The molecule has 0 aliphatic heterocycles. The molecule has 3 N–H and O–H groups in total. The van der Waals surface area contributed by atoms with Crippen molar-refractivity contribution in [3.8, 4) is 11.4 Å². The zero-order chi connectivity index (χ0) is 30.1. The number of aromatic amines is 1. The van der Waals surface area contributed by atoms with E-state index in [1.165, 1.54) is 18.2 Å². The third-order valence-corrected chi connectivity index (χ3v) is 6.87. The Morgan fingerprint density at radius 2 is 1.66 bits per heavy atom. The van der Waals surface area contributed by atoms with Crippen molar-refractivity contribution in [3.05, 3.63) is 110 Å². The Morgan fingerprint density at radius 3 is 2.29 bits per heavy atom. The first-order chi connectivity index (χ1) is 19.2. The van der Waals surface area contributed by atoms with Crippen LogP contribution in [-0.2, 0) is 24.4 Å². The van der Waals surface area contributed by atoms with Crippen LogP contribution in [0.5, 0.6) is 5.75 Å². The SMILES string of the molecule is Cc1ccccc1CCc1cccc(N=Cc2c(C(F)(F)F)[nH]n(-c3ccc(C(C)(C)C)c(C(=O)O)c3)c2=O)c1O. The van der Waals surface area contributed by atoms with Gasteiger partial charge in [-0.05, 0) is 65.6 Å². The normalized spacial score (nSPS) is 12.3. The Labute approximate surface area is 234 Å². The van der Waals surface area contributed by atoms with Crippen LogP contribution in [0.25, 0.3) is 5.69 Å². The monoisotopic (exact) mass is 565 g/mol. The number of hydrogen-bond donors (Lipinski definition) is 3. The molecule has 0 atom stereocenters. The fourth-order valence-electron chi connectivity index (χ4n) is 4.65. The van der Waals surface area contributed by atoms with Gasteiger partial charge in [0.2, 0.25) is 0 Å². The molecule has 3 aromatic carbocycles. The summed E-state index contributed by atoms with van der Waals surface area (Å²) in [5, 5.41) is 22.6. The van der Waals surface area contributed by atoms with E-state index in [1.54, 1.807) is 32.9 Å². The summed E-state index contributed by atoms with van der Waals surface area (Å²) in [5.41, 5.74) is -0.728. The predicted octanol–water partition coefficient (Wildman–Crippen LogP) is 6.73. The quantitative estimate of drug-likeness (QED) is 0.216. The van der Waals surface area contributed by atoms with Gasteiger partial charge in [-0.2, -0.15) is 13.2 Å². The van der Waals surface area contributed by atoms with E-state index in [9.17, 15) is 33.0 Å². The summed E-state index contributed by atoms with van der Waals surface area (Å²) in [6, 6.07) is 16.6. The number of para-hydroxylation sites is 1. The maximum absolute atomic E-state index is 14.0. The third-order valence-electron chi connectivity index (χ3n) is 6.87. The van der Waals surface area contributed by atoms with Gasteiger partial charge in [0.15, 0.2) is 5.69 Å². The molecule has 0 saturated heterocycles. The van der Waals surface area contributed by atoms with Gasteiger partial charge in [-0.3, -0.25) is 14.9 Å². The molecule has 7 nitrogen and oxygen atoms in total. The van der Waals surface area contributed by atoms with Crippen LogP contribution in [0.3, 0.4) is 0 Å². The van der Waals surface area contributed by atoms with E-state index in [0.717, 1.165) is 23.4 Å². The first kappa shape index (κ1) is 29.4. The Balaban J connectivity index is 1.73. The number of benzene rings is 3. The minimum atomic E-state index is -4.94. The number of aromatic nitrogens is 2. The highest BCUT2D eigenvalue weighted by atomic mass is 19.4. The zero-order valence-electron chi connectivity index (χ0n) is 23.0.